The zero-order valence-electron chi connectivity index (χ0n) is 17.8. The Kier molecular flexibility index (Phi) is 8.46. The second-order valence-corrected chi connectivity index (χ2v) is 7.16. The largest absolute Gasteiger partial charge is 0.491 e. The lowest BCUT2D eigenvalue weighted by Crippen LogP contribution is -2.13. The van der Waals surface area contributed by atoms with Gasteiger partial charge in [-0.15, -0.1) is 0 Å². The first-order chi connectivity index (χ1) is 14.8. The Morgan fingerprint density at radius 2 is 1.43 bits per heavy atom. The van der Waals surface area contributed by atoms with E-state index in [2.05, 4.69) is 31.3 Å². The molecule has 0 fully saturated rings. The van der Waals surface area contributed by atoms with Crippen LogP contribution in [0.15, 0.2) is 78.9 Å². The molecule has 3 rings (SSSR count). The Bertz CT molecular complexity index is 882. The van der Waals surface area contributed by atoms with Gasteiger partial charge < -0.3 is 19.5 Å². The van der Waals surface area contributed by atoms with Crippen LogP contribution in [0.1, 0.15) is 31.7 Å². The molecule has 0 aliphatic carbocycles. The summed E-state index contributed by atoms with van der Waals surface area (Å²) in [5.41, 5.74) is 2.28. The number of anilines is 1. The lowest BCUT2D eigenvalue weighted by atomic mass is 9.98. The quantitative estimate of drug-likeness (QED) is 0.367. The molecule has 4 nitrogen and oxygen atoms in total. The molecule has 30 heavy (non-hydrogen) atoms. The van der Waals surface area contributed by atoms with Crippen LogP contribution in [0.4, 0.5) is 5.69 Å². The number of rotatable bonds is 12. The number of hydrogen-bond donors (Lipinski definition) is 1. The van der Waals surface area contributed by atoms with Gasteiger partial charge in [0.2, 0.25) is 0 Å². The van der Waals surface area contributed by atoms with Gasteiger partial charge in [0, 0.05) is 18.3 Å². The van der Waals surface area contributed by atoms with E-state index >= 15 is 0 Å². The predicted molar refractivity (Wildman–Crippen MR) is 123 cm³/mol. The first-order valence-corrected chi connectivity index (χ1v) is 10.6. The lowest BCUT2D eigenvalue weighted by molar-refractivity contribution is 0.217. The molecule has 3 aromatic carbocycles. The van der Waals surface area contributed by atoms with Crippen LogP contribution in [-0.4, -0.2) is 26.4 Å². The summed E-state index contributed by atoms with van der Waals surface area (Å²) >= 11 is 0. The minimum absolute atomic E-state index is 0.494. The van der Waals surface area contributed by atoms with Gasteiger partial charge in [-0.1, -0.05) is 56.3 Å². The van der Waals surface area contributed by atoms with Crippen molar-refractivity contribution < 1.29 is 14.2 Å². The zero-order valence-corrected chi connectivity index (χ0v) is 17.8. The van der Waals surface area contributed by atoms with Gasteiger partial charge in [0.15, 0.2) is 0 Å². The molecule has 0 saturated heterocycles. The Balaban J connectivity index is 1.40. The van der Waals surface area contributed by atoms with Crippen molar-refractivity contribution in [1.82, 2.24) is 0 Å². The maximum atomic E-state index is 6.02. The van der Waals surface area contributed by atoms with E-state index in [1.807, 2.05) is 66.7 Å². The van der Waals surface area contributed by atoms with Crippen LogP contribution < -0.4 is 19.5 Å². The molecule has 0 radical (unpaired) electrons. The van der Waals surface area contributed by atoms with Crippen LogP contribution in [-0.2, 0) is 0 Å². The number of nitrogens with one attached hydrogen (secondary N) is 1. The molecule has 0 saturated carbocycles. The van der Waals surface area contributed by atoms with E-state index < -0.39 is 0 Å². The molecule has 0 unspecified atom stereocenters. The van der Waals surface area contributed by atoms with Gasteiger partial charge in [0.25, 0.3) is 0 Å². The highest BCUT2D eigenvalue weighted by atomic mass is 16.5. The average molecular weight is 406 g/mol. The van der Waals surface area contributed by atoms with Crippen molar-refractivity contribution >= 4 is 5.69 Å². The van der Waals surface area contributed by atoms with Gasteiger partial charge in [-0.05, 0) is 48.2 Å². The van der Waals surface area contributed by atoms with Crippen molar-refractivity contribution in [1.29, 1.82) is 0 Å². The van der Waals surface area contributed by atoms with Crippen molar-refractivity contribution in [3.05, 3.63) is 84.4 Å². The van der Waals surface area contributed by atoms with Crippen molar-refractivity contribution in [3.63, 3.8) is 0 Å². The summed E-state index contributed by atoms with van der Waals surface area (Å²) in [6.07, 6.45) is 1.10. The fourth-order valence-corrected chi connectivity index (χ4v) is 3.13. The van der Waals surface area contributed by atoms with Gasteiger partial charge in [-0.25, -0.2) is 0 Å². The van der Waals surface area contributed by atoms with Crippen LogP contribution in [0.25, 0.3) is 0 Å². The molecule has 1 N–H and O–H groups in total. The van der Waals surface area contributed by atoms with Gasteiger partial charge in [0.1, 0.15) is 37.1 Å². The molecule has 3 aromatic rings. The molecular formula is C26H31NO3. The molecular weight excluding hydrogens is 374 g/mol. The Labute approximate surface area is 179 Å². The van der Waals surface area contributed by atoms with E-state index in [-0.39, 0.29) is 0 Å². The number of hydrogen-bond acceptors (Lipinski definition) is 4. The number of ether oxygens (including phenoxy) is 3. The summed E-state index contributed by atoms with van der Waals surface area (Å²) in [6, 6.07) is 26.0. The van der Waals surface area contributed by atoms with E-state index in [0.717, 1.165) is 35.9 Å². The monoisotopic (exact) mass is 405 g/mol. The standard InChI is InChI=1S/C26H31NO3/c1-3-21(2)25-14-7-8-15-26(25)30-17-16-27-22-10-9-13-24(20-22)29-19-18-28-23-11-5-4-6-12-23/h4-15,20-21,27H,3,16-19H2,1-2H3/t21-/m0/s1. The highest BCUT2D eigenvalue weighted by Crippen LogP contribution is 2.28. The molecule has 0 aliphatic heterocycles. The van der Waals surface area contributed by atoms with Crippen LogP contribution in [0.5, 0.6) is 17.2 Å². The number of para-hydroxylation sites is 2. The minimum Gasteiger partial charge on any atom is -0.491 e. The third kappa shape index (κ3) is 6.73. The molecule has 0 bridgehead atoms. The summed E-state index contributed by atoms with van der Waals surface area (Å²) in [5, 5.41) is 3.40. The second-order valence-electron chi connectivity index (χ2n) is 7.16. The molecule has 0 heterocycles. The topological polar surface area (TPSA) is 39.7 Å². The average Bonchev–Trinajstić information content (AvgIpc) is 2.80. The normalized spacial score (nSPS) is 11.5. The zero-order chi connectivity index (χ0) is 21.0. The highest BCUT2D eigenvalue weighted by molar-refractivity contribution is 5.48. The van der Waals surface area contributed by atoms with E-state index in [1.54, 1.807) is 0 Å². The Morgan fingerprint density at radius 3 is 2.23 bits per heavy atom. The van der Waals surface area contributed by atoms with Gasteiger partial charge >= 0.3 is 0 Å². The second kappa shape index (κ2) is 11.8. The molecule has 4 heteroatoms. The van der Waals surface area contributed by atoms with Crippen molar-refractivity contribution in [2.75, 3.05) is 31.7 Å². The van der Waals surface area contributed by atoms with Crippen molar-refractivity contribution in [2.24, 2.45) is 0 Å². The summed E-state index contributed by atoms with van der Waals surface area (Å²) in [4.78, 5) is 0. The van der Waals surface area contributed by atoms with E-state index in [1.165, 1.54) is 5.56 Å². The van der Waals surface area contributed by atoms with Crippen LogP contribution in [0, 0.1) is 0 Å². The molecule has 1 atom stereocenters. The SMILES string of the molecule is CC[C@H](C)c1ccccc1OCCNc1cccc(OCCOc2ccccc2)c1. The summed E-state index contributed by atoms with van der Waals surface area (Å²) in [6.45, 7) is 6.75. The van der Waals surface area contributed by atoms with Crippen LogP contribution in [0.3, 0.4) is 0 Å². The maximum absolute atomic E-state index is 6.02. The molecule has 158 valence electrons. The van der Waals surface area contributed by atoms with Gasteiger partial charge in [-0.2, -0.15) is 0 Å². The first kappa shape index (κ1) is 21.6. The Hall–Kier alpha value is -3.14. The van der Waals surface area contributed by atoms with Crippen molar-refractivity contribution in [2.45, 2.75) is 26.2 Å². The molecule has 0 amide bonds. The van der Waals surface area contributed by atoms with E-state index in [4.69, 9.17) is 14.2 Å². The number of benzene rings is 3. The fourth-order valence-electron chi connectivity index (χ4n) is 3.13. The summed E-state index contributed by atoms with van der Waals surface area (Å²) in [7, 11) is 0. The predicted octanol–water partition coefficient (Wildman–Crippen LogP) is 6.15. The fraction of sp³-hybridized carbons (Fsp3) is 0.308. The van der Waals surface area contributed by atoms with E-state index in [0.29, 0.717) is 25.7 Å². The highest BCUT2D eigenvalue weighted by Gasteiger charge is 2.09. The molecule has 0 aromatic heterocycles. The van der Waals surface area contributed by atoms with Crippen molar-refractivity contribution in [3.8, 4) is 17.2 Å². The minimum atomic E-state index is 0.494. The van der Waals surface area contributed by atoms with Gasteiger partial charge in [-0.3, -0.25) is 0 Å². The molecule has 0 spiro atoms. The van der Waals surface area contributed by atoms with Crippen LogP contribution >= 0.6 is 0 Å². The maximum Gasteiger partial charge on any atom is 0.122 e. The first-order valence-electron chi connectivity index (χ1n) is 10.6. The smallest absolute Gasteiger partial charge is 0.122 e. The summed E-state index contributed by atoms with van der Waals surface area (Å²) in [5.74, 6) is 3.14. The Morgan fingerprint density at radius 1 is 0.733 bits per heavy atom. The lowest BCUT2D eigenvalue weighted by Gasteiger charge is -2.16. The third-order valence-electron chi connectivity index (χ3n) is 4.95. The third-order valence-corrected chi connectivity index (χ3v) is 4.95. The van der Waals surface area contributed by atoms with E-state index in [9.17, 15) is 0 Å². The molecule has 0 aliphatic rings. The van der Waals surface area contributed by atoms with Gasteiger partial charge in [0.05, 0.1) is 0 Å². The van der Waals surface area contributed by atoms with Crippen LogP contribution in [0.2, 0.25) is 0 Å². The summed E-state index contributed by atoms with van der Waals surface area (Å²) < 4.78 is 17.5.